The predicted octanol–water partition coefficient (Wildman–Crippen LogP) is 3.29. The number of ether oxygens (including phenoxy) is 2. The number of aromatic nitrogens is 1. The summed E-state index contributed by atoms with van der Waals surface area (Å²) in [6.45, 7) is 5.58. The third-order valence-corrected chi connectivity index (χ3v) is 5.53. The van der Waals surface area contributed by atoms with E-state index in [1.165, 1.54) is 0 Å². The number of carbonyl (C=O) groups excluding carboxylic acids is 4. The van der Waals surface area contributed by atoms with Gasteiger partial charge in [0.1, 0.15) is 0 Å². The number of benzene rings is 1. The molecule has 0 fully saturated rings. The van der Waals surface area contributed by atoms with E-state index in [2.05, 4.69) is 4.98 Å². The molecule has 0 aliphatic carbocycles. The first-order valence-electron chi connectivity index (χ1n) is 11.3. The zero-order chi connectivity index (χ0) is 25.1. The van der Waals surface area contributed by atoms with Crippen LogP contribution >= 0.6 is 0 Å². The minimum atomic E-state index is -0.524. The molecule has 3 heterocycles. The van der Waals surface area contributed by atoms with E-state index in [4.69, 9.17) is 9.47 Å². The maximum absolute atomic E-state index is 12.8. The van der Waals surface area contributed by atoms with E-state index in [1.807, 2.05) is 0 Å². The van der Waals surface area contributed by atoms with Gasteiger partial charge in [0.05, 0.1) is 47.7 Å². The number of hydrogen-bond acceptors (Lipinski definition) is 8. The lowest BCUT2D eigenvalue weighted by molar-refractivity contribution is -0.139. The number of imide groups is 1. The quantitative estimate of drug-likeness (QED) is 0.444. The van der Waals surface area contributed by atoms with Crippen molar-refractivity contribution < 1.29 is 28.7 Å². The van der Waals surface area contributed by atoms with Gasteiger partial charge in [-0.25, -0.2) is 9.59 Å². The molecule has 0 N–H and O–H groups in total. The van der Waals surface area contributed by atoms with Crippen molar-refractivity contribution in [3.05, 3.63) is 82.5 Å². The predicted molar refractivity (Wildman–Crippen MR) is 126 cm³/mol. The summed E-state index contributed by atoms with van der Waals surface area (Å²) < 4.78 is 10.3. The monoisotopic (exact) mass is 475 g/mol. The molecule has 1 aromatic heterocycles. The van der Waals surface area contributed by atoms with Gasteiger partial charge in [0.25, 0.3) is 11.8 Å². The Labute approximate surface area is 202 Å². The Morgan fingerprint density at radius 1 is 0.914 bits per heavy atom. The average Bonchev–Trinajstić information content (AvgIpc) is 3.08. The molecular weight excluding hydrogens is 450 g/mol. The van der Waals surface area contributed by atoms with Gasteiger partial charge in [0, 0.05) is 30.2 Å². The van der Waals surface area contributed by atoms with E-state index in [0.717, 1.165) is 4.90 Å². The van der Waals surface area contributed by atoms with E-state index in [-0.39, 0.29) is 38.0 Å². The summed E-state index contributed by atoms with van der Waals surface area (Å²) in [5.41, 5.74) is 3.06. The molecule has 0 radical (unpaired) electrons. The van der Waals surface area contributed by atoms with Gasteiger partial charge in [-0.3, -0.25) is 19.5 Å². The van der Waals surface area contributed by atoms with Crippen molar-refractivity contribution in [3.8, 4) is 0 Å². The van der Waals surface area contributed by atoms with Gasteiger partial charge in [-0.15, -0.1) is 0 Å². The van der Waals surface area contributed by atoms with Crippen molar-refractivity contribution >= 4 is 29.4 Å². The van der Waals surface area contributed by atoms with Crippen LogP contribution in [0.3, 0.4) is 0 Å². The molecule has 35 heavy (non-hydrogen) atoms. The zero-order valence-electron chi connectivity index (χ0n) is 19.7. The molecule has 9 nitrogen and oxygen atoms in total. The Kier molecular flexibility index (Phi) is 6.77. The molecule has 0 unspecified atom stereocenters. The molecule has 0 bridgehead atoms. The second-order valence-corrected chi connectivity index (χ2v) is 8.03. The molecule has 0 atom stereocenters. The fourth-order valence-corrected chi connectivity index (χ4v) is 4.01. The lowest BCUT2D eigenvalue weighted by Gasteiger charge is -2.25. The third-order valence-electron chi connectivity index (χ3n) is 5.53. The minimum Gasteiger partial charge on any atom is -0.463 e. The molecule has 0 saturated heterocycles. The van der Waals surface area contributed by atoms with E-state index in [9.17, 15) is 19.2 Å². The highest BCUT2D eigenvalue weighted by Gasteiger charge is 2.35. The van der Waals surface area contributed by atoms with Crippen molar-refractivity contribution in [2.75, 3.05) is 18.1 Å². The Morgan fingerprint density at radius 2 is 1.46 bits per heavy atom. The summed E-state index contributed by atoms with van der Waals surface area (Å²) in [7, 11) is 0. The first-order chi connectivity index (χ1) is 16.8. The lowest BCUT2D eigenvalue weighted by Crippen LogP contribution is -2.29. The van der Waals surface area contributed by atoms with Gasteiger partial charge in [-0.05, 0) is 45.0 Å². The summed E-state index contributed by atoms with van der Waals surface area (Å²) in [6.07, 6.45) is 3.28. The van der Waals surface area contributed by atoms with Crippen LogP contribution in [-0.4, -0.2) is 46.9 Å². The maximum atomic E-state index is 12.8. The summed E-state index contributed by atoms with van der Waals surface area (Å²) in [5, 5.41) is 0. The highest BCUT2D eigenvalue weighted by molar-refractivity contribution is 6.21. The van der Waals surface area contributed by atoms with E-state index in [0.29, 0.717) is 39.3 Å². The number of pyridine rings is 1. The lowest BCUT2D eigenvalue weighted by atomic mass is 10.0. The molecule has 180 valence electrons. The van der Waals surface area contributed by atoms with Gasteiger partial charge in [-0.2, -0.15) is 0 Å². The van der Waals surface area contributed by atoms with Gasteiger partial charge < -0.3 is 14.4 Å². The molecule has 2 aliphatic rings. The highest BCUT2D eigenvalue weighted by atomic mass is 16.5. The fourth-order valence-electron chi connectivity index (χ4n) is 4.01. The van der Waals surface area contributed by atoms with Crippen molar-refractivity contribution in [1.82, 2.24) is 9.88 Å². The largest absolute Gasteiger partial charge is 0.463 e. The number of hydrogen-bond donors (Lipinski definition) is 0. The fraction of sp³-hybridized carbons (Fsp3) is 0.269. The number of rotatable bonds is 7. The summed E-state index contributed by atoms with van der Waals surface area (Å²) in [6, 6.07) is 10.2. The number of fused-ring (bicyclic) bond motifs is 1. The van der Waals surface area contributed by atoms with Gasteiger partial charge in [-0.1, -0.05) is 12.1 Å². The van der Waals surface area contributed by atoms with Crippen LogP contribution in [0, 0.1) is 6.92 Å². The number of nitrogens with zero attached hydrogens (tertiary/aromatic N) is 3. The molecule has 2 amide bonds. The second-order valence-electron chi connectivity index (χ2n) is 8.03. The number of carbonyl (C=O) groups is 4. The van der Waals surface area contributed by atoms with Gasteiger partial charge >= 0.3 is 11.9 Å². The first-order valence-corrected chi connectivity index (χ1v) is 11.3. The Morgan fingerprint density at radius 3 is 1.97 bits per heavy atom. The van der Waals surface area contributed by atoms with Gasteiger partial charge in [0.2, 0.25) is 0 Å². The van der Waals surface area contributed by atoms with Crippen LogP contribution in [0.5, 0.6) is 0 Å². The smallest absolute Gasteiger partial charge is 0.335 e. The number of esters is 2. The summed E-state index contributed by atoms with van der Waals surface area (Å²) in [4.78, 5) is 57.8. The number of amides is 2. The average molecular weight is 476 g/mol. The van der Waals surface area contributed by atoms with Crippen LogP contribution < -0.4 is 4.90 Å². The summed E-state index contributed by atoms with van der Waals surface area (Å²) in [5.74, 6) is -1.79. The van der Waals surface area contributed by atoms with E-state index >= 15 is 0 Å². The molecule has 0 spiro atoms. The highest BCUT2D eigenvalue weighted by Crippen LogP contribution is 2.29. The van der Waals surface area contributed by atoms with E-state index < -0.39 is 11.9 Å². The van der Waals surface area contributed by atoms with Crippen LogP contribution in [0.15, 0.2) is 59.9 Å². The molecule has 2 aromatic rings. The van der Waals surface area contributed by atoms with Crippen LogP contribution in [-0.2, 0) is 25.6 Å². The Hall–Kier alpha value is -4.27. The molecule has 9 heteroatoms. The SMILES string of the molecule is CCOC(=O)C1=CN(c2cc(C)nc(CN3C(=O)c4ccccc4C3=O)c2)C=C(C(=O)OCC)C1. The van der Waals surface area contributed by atoms with Crippen molar-refractivity contribution in [1.29, 1.82) is 0 Å². The van der Waals surface area contributed by atoms with E-state index in [1.54, 1.807) is 74.5 Å². The Bertz CT molecular complexity index is 1210. The minimum absolute atomic E-state index is 0.0161. The van der Waals surface area contributed by atoms with Crippen LogP contribution in [0.25, 0.3) is 0 Å². The molecule has 4 rings (SSSR count). The third kappa shape index (κ3) is 4.84. The van der Waals surface area contributed by atoms with Crippen molar-refractivity contribution in [2.24, 2.45) is 0 Å². The summed E-state index contributed by atoms with van der Waals surface area (Å²) >= 11 is 0. The van der Waals surface area contributed by atoms with Crippen molar-refractivity contribution in [3.63, 3.8) is 0 Å². The number of anilines is 1. The topological polar surface area (TPSA) is 106 Å². The van der Waals surface area contributed by atoms with Gasteiger partial charge in [0.15, 0.2) is 0 Å². The second kappa shape index (κ2) is 9.92. The Balaban J connectivity index is 1.66. The molecular formula is C26H25N3O6. The standard InChI is InChI=1S/C26H25N3O6/c1-4-34-25(32)17-11-18(26(33)35-5-2)14-28(13-17)20-10-16(3)27-19(12-20)15-29-23(30)21-8-6-7-9-22(21)24(29)31/h6-10,12-14H,4-5,11,15H2,1-3H3. The van der Waals surface area contributed by atoms with Crippen molar-refractivity contribution in [2.45, 2.75) is 33.7 Å². The molecule has 0 saturated carbocycles. The van der Waals surface area contributed by atoms with Crippen LogP contribution in [0.4, 0.5) is 5.69 Å². The van der Waals surface area contributed by atoms with Crippen LogP contribution in [0.2, 0.25) is 0 Å². The normalized spacial score (nSPS) is 14.9. The molecule has 1 aromatic carbocycles. The molecule has 2 aliphatic heterocycles. The first kappa shape index (κ1) is 23.9. The number of aryl methyl sites for hydroxylation is 1. The maximum Gasteiger partial charge on any atom is 0.335 e. The van der Waals surface area contributed by atoms with Crippen LogP contribution in [0.1, 0.15) is 52.4 Å². The zero-order valence-corrected chi connectivity index (χ0v) is 19.7.